The Hall–Kier alpha value is -1.46. The van der Waals surface area contributed by atoms with Crippen LogP contribution in [0.4, 0.5) is 0 Å². The van der Waals surface area contributed by atoms with Crippen LogP contribution in [0.15, 0.2) is 18.2 Å². The van der Waals surface area contributed by atoms with Crippen LogP contribution in [0.3, 0.4) is 0 Å². The maximum Gasteiger partial charge on any atom is 0.237 e. The van der Waals surface area contributed by atoms with E-state index in [9.17, 15) is 4.79 Å². The molecule has 0 unspecified atom stereocenters. The number of rotatable bonds is 6. The monoisotopic (exact) mass is 305 g/mol. The fourth-order valence-corrected chi connectivity index (χ4v) is 2.80. The Labute approximate surface area is 129 Å². The van der Waals surface area contributed by atoms with Crippen LogP contribution in [-0.2, 0) is 11.3 Å². The second-order valence-electron chi connectivity index (χ2n) is 5.36. The Kier molecular flexibility index (Phi) is 5.31. The van der Waals surface area contributed by atoms with Crippen LogP contribution in [-0.4, -0.2) is 28.9 Å². The number of carbonyl (C=O) groups is 1. The first kappa shape index (κ1) is 15.9. The summed E-state index contributed by atoms with van der Waals surface area (Å²) in [6.07, 6.45) is 2.73. The molecule has 21 heavy (non-hydrogen) atoms. The second kappa shape index (κ2) is 7.00. The lowest BCUT2D eigenvalue weighted by molar-refractivity contribution is -0.122. The van der Waals surface area contributed by atoms with E-state index in [0.717, 1.165) is 16.8 Å². The molecule has 0 saturated heterocycles. The summed E-state index contributed by atoms with van der Waals surface area (Å²) in [6.45, 7) is 4.70. The summed E-state index contributed by atoms with van der Waals surface area (Å²) in [7, 11) is 0. The van der Waals surface area contributed by atoms with Gasteiger partial charge in [0.25, 0.3) is 0 Å². The van der Waals surface area contributed by atoms with Crippen molar-refractivity contribution in [2.45, 2.75) is 32.9 Å². The third-order valence-electron chi connectivity index (χ3n) is 3.81. The molecule has 0 bridgehead atoms. The molecule has 1 amide bonds. The van der Waals surface area contributed by atoms with Crippen molar-refractivity contribution in [2.75, 3.05) is 12.0 Å². The summed E-state index contributed by atoms with van der Waals surface area (Å²) < 4.78 is 0. The molecule has 1 atom stereocenters. The minimum atomic E-state index is -0.419. The molecule has 1 aromatic heterocycles. The van der Waals surface area contributed by atoms with Gasteiger partial charge < -0.3 is 16.0 Å². The Morgan fingerprint density at radius 1 is 1.43 bits per heavy atom. The summed E-state index contributed by atoms with van der Waals surface area (Å²) in [5, 5.41) is 4.13. The summed E-state index contributed by atoms with van der Waals surface area (Å²) in [5.74, 6) is 0.827. The van der Waals surface area contributed by atoms with Crippen molar-refractivity contribution >= 4 is 28.6 Å². The number of H-pyrrole nitrogens is 1. The minimum absolute atomic E-state index is 0.0777. The van der Waals surface area contributed by atoms with Crippen molar-refractivity contribution in [3.63, 3.8) is 0 Å². The number of hydrogen-bond donors (Lipinski definition) is 3. The van der Waals surface area contributed by atoms with Gasteiger partial charge in [-0.3, -0.25) is 4.79 Å². The van der Waals surface area contributed by atoms with Crippen molar-refractivity contribution in [3.05, 3.63) is 35.0 Å². The number of amides is 1. The van der Waals surface area contributed by atoms with E-state index in [1.807, 2.05) is 12.3 Å². The molecular weight excluding hydrogens is 282 g/mol. The zero-order valence-electron chi connectivity index (χ0n) is 12.8. The zero-order valence-corrected chi connectivity index (χ0v) is 13.6. The van der Waals surface area contributed by atoms with Gasteiger partial charge in [0.15, 0.2) is 0 Å². The minimum Gasteiger partial charge on any atom is -0.358 e. The van der Waals surface area contributed by atoms with E-state index in [1.165, 1.54) is 16.6 Å². The molecule has 0 spiro atoms. The Balaban J connectivity index is 2.00. The molecule has 114 valence electrons. The second-order valence-corrected chi connectivity index (χ2v) is 6.35. The predicted octanol–water partition coefficient (Wildman–Crippen LogP) is 2.48. The molecule has 1 aromatic carbocycles. The summed E-state index contributed by atoms with van der Waals surface area (Å²) in [6, 6.07) is 5.80. The smallest absolute Gasteiger partial charge is 0.237 e. The first-order valence-electron chi connectivity index (χ1n) is 7.13. The molecule has 0 saturated carbocycles. The lowest BCUT2D eigenvalue weighted by atomic mass is 10.1. The number of aromatic nitrogens is 1. The van der Waals surface area contributed by atoms with Gasteiger partial charge in [-0.05, 0) is 55.5 Å². The molecule has 4 nitrogen and oxygen atoms in total. The third kappa shape index (κ3) is 3.80. The van der Waals surface area contributed by atoms with Gasteiger partial charge in [-0.2, -0.15) is 11.8 Å². The van der Waals surface area contributed by atoms with Crippen LogP contribution in [0.1, 0.15) is 23.2 Å². The average Bonchev–Trinajstić information content (AvgIpc) is 2.77. The number of thioether (sulfide) groups is 1. The topological polar surface area (TPSA) is 70.9 Å². The SMILES string of the molecule is CSCC[C@H](N)C(=O)NCc1ccc2[nH]c(C)c(C)c2c1. The number of hydrogen-bond acceptors (Lipinski definition) is 3. The molecule has 0 aliphatic rings. The molecule has 0 radical (unpaired) electrons. The average molecular weight is 305 g/mol. The number of aromatic amines is 1. The molecule has 2 aromatic rings. The zero-order chi connectivity index (χ0) is 15.4. The van der Waals surface area contributed by atoms with Crippen molar-refractivity contribution in [1.29, 1.82) is 0 Å². The molecule has 1 heterocycles. The third-order valence-corrected chi connectivity index (χ3v) is 4.45. The maximum absolute atomic E-state index is 11.9. The summed E-state index contributed by atoms with van der Waals surface area (Å²) in [5.41, 5.74) is 10.5. The van der Waals surface area contributed by atoms with E-state index in [-0.39, 0.29) is 5.91 Å². The van der Waals surface area contributed by atoms with Crippen LogP contribution < -0.4 is 11.1 Å². The molecular formula is C16H23N3OS. The van der Waals surface area contributed by atoms with Gasteiger partial charge in [0.2, 0.25) is 5.91 Å². The van der Waals surface area contributed by atoms with Gasteiger partial charge >= 0.3 is 0 Å². The van der Waals surface area contributed by atoms with E-state index in [4.69, 9.17) is 5.73 Å². The fraction of sp³-hybridized carbons (Fsp3) is 0.438. The van der Waals surface area contributed by atoms with E-state index in [0.29, 0.717) is 13.0 Å². The van der Waals surface area contributed by atoms with E-state index in [1.54, 1.807) is 11.8 Å². The largest absolute Gasteiger partial charge is 0.358 e. The van der Waals surface area contributed by atoms with Gasteiger partial charge in [-0.15, -0.1) is 0 Å². The van der Waals surface area contributed by atoms with Gasteiger partial charge in [0, 0.05) is 23.1 Å². The van der Waals surface area contributed by atoms with E-state index >= 15 is 0 Å². The summed E-state index contributed by atoms with van der Waals surface area (Å²) >= 11 is 1.70. The molecule has 5 heteroatoms. The van der Waals surface area contributed by atoms with Crippen molar-refractivity contribution in [3.8, 4) is 0 Å². The summed E-state index contributed by atoms with van der Waals surface area (Å²) in [4.78, 5) is 15.3. The van der Waals surface area contributed by atoms with Crippen molar-refractivity contribution in [2.24, 2.45) is 5.73 Å². The Morgan fingerprint density at radius 2 is 2.19 bits per heavy atom. The number of benzene rings is 1. The van der Waals surface area contributed by atoms with Gasteiger partial charge in [0.1, 0.15) is 0 Å². The van der Waals surface area contributed by atoms with E-state index < -0.39 is 6.04 Å². The number of nitrogens with one attached hydrogen (secondary N) is 2. The lowest BCUT2D eigenvalue weighted by Gasteiger charge is -2.11. The van der Waals surface area contributed by atoms with Gasteiger partial charge in [0.05, 0.1) is 6.04 Å². The Morgan fingerprint density at radius 3 is 2.90 bits per heavy atom. The highest BCUT2D eigenvalue weighted by atomic mass is 32.2. The van der Waals surface area contributed by atoms with Crippen LogP contribution in [0.25, 0.3) is 10.9 Å². The molecule has 4 N–H and O–H groups in total. The van der Waals surface area contributed by atoms with Crippen molar-refractivity contribution in [1.82, 2.24) is 10.3 Å². The normalized spacial score (nSPS) is 12.6. The molecule has 0 fully saturated rings. The first-order chi connectivity index (χ1) is 10.0. The molecule has 0 aliphatic carbocycles. The number of fused-ring (bicyclic) bond motifs is 1. The highest BCUT2D eigenvalue weighted by Crippen LogP contribution is 2.22. The van der Waals surface area contributed by atoms with Gasteiger partial charge in [-0.25, -0.2) is 0 Å². The van der Waals surface area contributed by atoms with Crippen LogP contribution in [0.5, 0.6) is 0 Å². The number of aryl methyl sites for hydroxylation is 2. The van der Waals surface area contributed by atoms with E-state index in [2.05, 4.69) is 36.3 Å². The highest BCUT2D eigenvalue weighted by molar-refractivity contribution is 7.98. The van der Waals surface area contributed by atoms with Gasteiger partial charge in [-0.1, -0.05) is 6.07 Å². The van der Waals surface area contributed by atoms with Crippen LogP contribution >= 0.6 is 11.8 Å². The predicted molar refractivity (Wildman–Crippen MR) is 90.6 cm³/mol. The molecule has 0 aliphatic heterocycles. The fourth-order valence-electron chi connectivity index (χ4n) is 2.31. The first-order valence-corrected chi connectivity index (χ1v) is 8.52. The van der Waals surface area contributed by atoms with Crippen molar-refractivity contribution < 1.29 is 4.79 Å². The number of nitrogens with two attached hydrogens (primary N) is 1. The van der Waals surface area contributed by atoms with Crippen LogP contribution in [0.2, 0.25) is 0 Å². The quantitative estimate of drug-likeness (QED) is 0.768. The maximum atomic E-state index is 11.9. The standard InChI is InChI=1S/C16H23N3OS/c1-10-11(2)19-15-5-4-12(8-13(10)15)9-18-16(20)14(17)6-7-21-3/h4-5,8,14,19H,6-7,9,17H2,1-3H3,(H,18,20)/t14-/m0/s1. The lowest BCUT2D eigenvalue weighted by Crippen LogP contribution is -2.40. The van der Waals surface area contributed by atoms with Crippen LogP contribution in [0, 0.1) is 13.8 Å². The Bertz CT molecular complexity index is 636. The number of carbonyl (C=O) groups excluding carboxylic acids is 1. The highest BCUT2D eigenvalue weighted by Gasteiger charge is 2.12. The molecule has 2 rings (SSSR count).